The van der Waals surface area contributed by atoms with Crippen LogP contribution in [0.2, 0.25) is 5.54 Å². The van der Waals surface area contributed by atoms with Crippen molar-refractivity contribution in [2.75, 3.05) is 0 Å². The first kappa shape index (κ1) is 10.5. The largest absolute Gasteiger partial charge is 0.413 e. The van der Waals surface area contributed by atoms with Crippen LogP contribution in [0.15, 0.2) is 30.3 Å². The van der Waals surface area contributed by atoms with Crippen molar-refractivity contribution in [2.24, 2.45) is 0 Å². The molecule has 0 aromatic heterocycles. The summed E-state index contributed by atoms with van der Waals surface area (Å²) < 4.78 is 5.60. The monoisotopic (exact) mass is 192 g/mol. The molecule has 2 heteroatoms. The van der Waals surface area contributed by atoms with E-state index in [2.05, 4.69) is 26.0 Å². The van der Waals surface area contributed by atoms with Crippen LogP contribution in [0.25, 0.3) is 0 Å². The predicted octanol–water partition coefficient (Wildman–Crippen LogP) is 3.04. The maximum Gasteiger partial charge on any atom is 0.233 e. The van der Waals surface area contributed by atoms with Crippen LogP contribution in [0.4, 0.5) is 0 Å². The molecule has 0 saturated carbocycles. The molecule has 0 heterocycles. The van der Waals surface area contributed by atoms with Gasteiger partial charge in [0, 0.05) is 0 Å². The molecule has 0 aliphatic heterocycles. The quantitative estimate of drug-likeness (QED) is 0.652. The van der Waals surface area contributed by atoms with Gasteiger partial charge in [-0.05, 0) is 11.1 Å². The Hall–Kier alpha value is -0.603. The molecule has 1 atom stereocenters. The molecule has 0 fully saturated rings. The first-order valence-corrected chi connectivity index (χ1v) is 5.72. The van der Waals surface area contributed by atoms with Gasteiger partial charge in [0.15, 0.2) is 0 Å². The lowest BCUT2D eigenvalue weighted by Crippen LogP contribution is -2.04. The Kier molecular flexibility index (Phi) is 4.79. The van der Waals surface area contributed by atoms with E-state index < -0.39 is 0 Å². The third-order valence-corrected chi connectivity index (χ3v) is 3.10. The molecule has 1 nitrogen and oxygen atoms in total. The molecule has 1 aromatic carbocycles. The van der Waals surface area contributed by atoms with Crippen LogP contribution in [0.1, 0.15) is 25.8 Å². The fourth-order valence-corrected chi connectivity index (χ4v) is 1.63. The molecule has 13 heavy (non-hydrogen) atoms. The summed E-state index contributed by atoms with van der Waals surface area (Å²) in [6.45, 7) is 5.18. The maximum absolute atomic E-state index is 5.60. The average Bonchev–Trinajstić information content (AvgIpc) is 2.19. The average molecular weight is 192 g/mol. The standard InChI is InChI=1S/C11H16OSi/c1-3-10(2)13-12-9-11-7-5-4-6-8-11/h4-8,10H,3,9H2,1-2H3. The highest BCUT2D eigenvalue weighted by atomic mass is 28.2. The Balaban J connectivity index is 2.20. The molecule has 0 saturated heterocycles. The fraction of sp³-hybridized carbons (Fsp3) is 0.455. The SMILES string of the molecule is CCC(C)[Si]OCc1ccccc1. The number of hydrogen-bond donors (Lipinski definition) is 0. The third-order valence-electron chi connectivity index (χ3n) is 1.98. The van der Waals surface area contributed by atoms with Crippen molar-refractivity contribution in [1.82, 2.24) is 0 Å². The zero-order valence-corrected chi connectivity index (χ0v) is 9.29. The van der Waals surface area contributed by atoms with Gasteiger partial charge in [-0.25, -0.2) is 0 Å². The van der Waals surface area contributed by atoms with Crippen molar-refractivity contribution in [3.63, 3.8) is 0 Å². The second-order valence-corrected chi connectivity index (χ2v) is 4.71. The minimum atomic E-state index is 0.632. The first-order chi connectivity index (χ1) is 6.33. The van der Waals surface area contributed by atoms with Crippen LogP contribution in [0, 0.1) is 0 Å². The van der Waals surface area contributed by atoms with Gasteiger partial charge in [0.2, 0.25) is 9.76 Å². The molecular formula is C11H16OSi. The minimum absolute atomic E-state index is 0.632. The van der Waals surface area contributed by atoms with Crippen molar-refractivity contribution in [2.45, 2.75) is 32.4 Å². The Morgan fingerprint density at radius 2 is 2.00 bits per heavy atom. The normalized spacial score (nSPS) is 12.8. The van der Waals surface area contributed by atoms with E-state index in [4.69, 9.17) is 4.43 Å². The summed E-state index contributed by atoms with van der Waals surface area (Å²) in [4.78, 5) is 0. The molecule has 70 valence electrons. The highest BCUT2D eigenvalue weighted by Gasteiger charge is 2.01. The summed E-state index contributed by atoms with van der Waals surface area (Å²) >= 11 is 0. The molecule has 0 aliphatic rings. The van der Waals surface area contributed by atoms with E-state index in [0.717, 1.165) is 6.61 Å². The lowest BCUT2D eigenvalue weighted by atomic mass is 10.2. The molecule has 0 spiro atoms. The topological polar surface area (TPSA) is 9.23 Å². The third kappa shape index (κ3) is 4.25. The summed E-state index contributed by atoms with van der Waals surface area (Å²) in [5, 5.41) is 0. The van der Waals surface area contributed by atoms with Gasteiger partial charge in [-0.2, -0.15) is 0 Å². The van der Waals surface area contributed by atoms with E-state index in [9.17, 15) is 0 Å². The van der Waals surface area contributed by atoms with Crippen LogP contribution in [-0.2, 0) is 11.0 Å². The number of benzene rings is 1. The highest BCUT2D eigenvalue weighted by molar-refractivity contribution is 6.29. The molecule has 0 bridgehead atoms. The van der Waals surface area contributed by atoms with E-state index in [0.29, 0.717) is 15.3 Å². The molecule has 0 amide bonds. The van der Waals surface area contributed by atoms with Gasteiger partial charge in [0.05, 0.1) is 6.61 Å². The van der Waals surface area contributed by atoms with Gasteiger partial charge in [0.25, 0.3) is 0 Å². The van der Waals surface area contributed by atoms with Crippen LogP contribution in [0.3, 0.4) is 0 Å². The lowest BCUT2D eigenvalue weighted by molar-refractivity contribution is 0.317. The predicted molar refractivity (Wildman–Crippen MR) is 56.7 cm³/mol. The molecule has 1 aromatic rings. The lowest BCUT2D eigenvalue weighted by Gasteiger charge is -2.06. The van der Waals surface area contributed by atoms with Crippen molar-refractivity contribution in [1.29, 1.82) is 0 Å². The minimum Gasteiger partial charge on any atom is -0.413 e. The fourth-order valence-electron chi connectivity index (χ4n) is 0.925. The zero-order chi connectivity index (χ0) is 9.52. The van der Waals surface area contributed by atoms with E-state index in [1.54, 1.807) is 0 Å². The Morgan fingerprint density at radius 1 is 1.31 bits per heavy atom. The molecular weight excluding hydrogens is 176 g/mol. The van der Waals surface area contributed by atoms with Crippen LogP contribution >= 0.6 is 0 Å². The Morgan fingerprint density at radius 3 is 2.62 bits per heavy atom. The zero-order valence-electron chi connectivity index (χ0n) is 8.29. The van der Waals surface area contributed by atoms with Gasteiger partial charge >= 0.3 is 0 Å². The number of rotatable bonds is 5. The van der Waals surface area contributed by atoms with Crippen molar-refractivity contribution in [3.8, 4) is 0 Å². The van der Waals surface area contributed by atoms with E-state index in [1.807, 2.05) is 18.2 Å². The van der Waals surface area contributed by atoms with E-state index >= 15 is 0 Å². The van der Waals surface area contributed by atoms with Crippen LogP contribution in [0.5, 0.6) is 0 Å². The van der Waals surface area contributed by atoms with E-state index in [-0.39, 0.29) is 0 Å². The van der Waals surface area contributed by atoms with Crippen molar-refractivity contribution < 1.29 is 4.43 Å². The second kappa shape index (κ2) is 5.94. The summed E-state index contributed by atoms with van der Waals surface area (Å²) in [7, 11) is 0.632. The Bertz CT molecular complexity index is 223. The van der Waals surface area contributed by atoms with Crippen LogP contribution < -0.4 is 0 Å². The Labute approximate surface area is 83.1 Å². The van der Waals surface area contributed by atoms with Crippen molar-refractivity contribution >= 4 is 9.76 Å². The summed E-state index contributed by atoms with van der Waals surface area (Å²) in [5.41, 5.74) is 1.96. The van der Waals surface area contributed by atoms with Gasteiger partial charge in [0.1, 0.15) is 0 Å². The van der Waals surface area contributed by atoms with Gasteiger partial charge in [-0.3, -0.25) is 0 Å². The van der Waals surface area contributed by atoms with Gasteiger partial charge in [-0.1, -0.05) is 50.6 Å². The second-order valence-electron chi connectivity index (χ2n) is 3.20. The molecule has 0 aliphatic carbocycles. The molecule has 1 unspecified atom stereocenters. The smallest absolute Gasteiger partial charge is 0.233 e. The summed E-state index contributed by atoms with van der Waals surface area (Å²) in [5.74, 6) is 0. The molecule has 1 rings (SSSR count). The van der Waals surface area contributed by atoms with Crippen molar-refractivity contribution in [3.05, 3.63) is 35.9 Å². The van der Waals surface area contributed by atoms with E-state index in [1.165, 1.54) is 12.0 Å². The maximum atomic E-state index is 5.60. The first-order valence-electron chi connectivity index (χ1n) is 4.74. The van der Waals surface area contributed by atoms with Gasteiger partial charge in [-0.15, -0.1) is 0 Å². The number of hydrogen-bond acceptors (Lipinski definition) is 1. The van der Waals surface area contributed by atoms with Gasteiger partial charge < -0.3 is 4.43 Å². The molecule has 0 N–H and O–H groups in total. The summed E-state index contributed by atoms with van der Waals surface area (Å²) in [6.07, 6.45) is 1.20. The van der Waals surface area contributed by atoms with Crippen LogP contribution in [-0.4, -0.2) is 9.76 Å². The summed E-state index contributed by atoms with van der Waals surface area (Å²) in [6, 6.07) is 10.3. The molecule has 2 radical (unpaired) electrons. The highest BCUT2D eigenvalue weighted by Crippen LogP contribution is 2.07.